The predicted molar refractivity (Wildman–Crippen MR) is 87.8 cm³/mol. The number of benzene rings is 1. The van der Waals surface area contributed by atoms with Crippen LogP contribution in [0.2, 0.25) is 0 Å². The maximum Gasteiger partial charge on any atom is 0.490 e. The Morgan fingerprint density at radius 3 is 2.50 bits per heavy atom. The number of ether oxygens (including phenoxy) is 1. The van der Waals surface area contributed by atoms with E-state index in [1.165, 1.54) is 0 Å². The number of para-hydroxylation sites is 1. The molecule has 2 aromatic rings. The highest BCUT2D eigenvalue weighted by Gasteiger charge is 2.38. The van der Waals surface area contributed by atoms with Crippen molar-refractivity contribution >= 4 is 22.8 Å². The first-order chi connectivity index (χ1) is 12.1. The number of H-pyrrole nitrogens is 1. The van der Waals surface area contributed by atoms with Crippen LogP contribution in [-0.4, -0.2) is 52.6 Å². The zero-order valence-corrected chi connectivity index (χ0v) is 14.3. The molecular weight excluding hydrogens is 355 g/mol. The van der Waals surface area contributed by atoms with E-state index in [1.807, 2.05) is 38.1 Å². The first-order valence-corrected chi connectivity index (χ1v) is 7.76. The maximum atomic E-state index is 12.0. The number of carboxylic acid groups (broad SMARTS) is 1. The van der Waals surface area contributed by atoms with Crippen LogP contribution in [0.15, 0.2) is 24.3 Å². The lowest BCUT2D eigenvalue weighted by atomic mass is 10.2. The van der Waals surface area contributed by atoms with Crippen molar-refractivity contribution in [2.75, 3.05) is 13.2 Å². The summed E-state index contributed by atoms with van der Waals surface area (Å²) in [5.74, 6) is -2.91. The molecule has 1 aromatic heterocycles. The van der Waals surface area contributed by atoms with E-state index >= 15 is 0 Å². The molecule has 26 heavy (non-hydrogen) atoms. The minimum atomic E-state index is -5.08. The number of fused-ring (bicyclic) bond motifs is 1. The van der Waals surface area contributed by atoms with Crippen LogP contribution in [0.5, 0.6) is 0 Å². The Labute approximate surface area is 147 Å². The Kier molecular flexibility index (Phi) is 8.04. The third-order valence-corrected chi connectivity index (χ3v) is 2.99. The number of alkyl halides is 3. The Hall–Kier alpha value is -2.62. The first-order valence-electron chi connectivity index (χ1n) is 7.76. The number of aliphatic carboxylic acids is 1. The van der Waals surface area contributed by atoms with Crippen LogP contribution >= 0.6 is 0 Å². The fourth-order valence-corrected chi connectivity index (χ4v) is 1.81. The number of aromatic nitrogens is 2. The van der Waals surface area contributed by atoms with Gasteiger partial charge in [0, 0.05) is 18.5 Å². The van der Waals surface area contributed by atoms with Gasteiger partial charge in [-0.3, -0.25) is 9.89 Å². The van der Waals surface area contributed by atoms with E-state index in [2.05, 4.69) is 15.5 Å². The van der Waals surface area contributed by atoms with Crippen LogP contribution in [0.25, 0.3) is 10.9 Å². The van der Waals surface area contributed by atoms with E-state index < -0.39 is 12.1 Å². The van der Waals surface area contributed by atoms with Crippen molar-refractivity contribution in [1.29, 1.82) is 0 Å². The van der Waals surface area contributed by atoms with E-state index in [0.29, 0.717) is 18.8 Å². The zero-order valence-electron chi connectivity index (χ0n) is 14.3. The monoisotopic (exact) mass is 375 g/mol. The lowest BCUT2D eigenvalue weighted by molar-refractivity contribution is -0.192. The Morgan fingerprint density at radius 1 is 1.31 bits per heavy atom. The number of carbonyl (C=O) groups excluding carboxylic acids is 1. The number of nitrogens with one attached hydrogen (secondary N) is 2. The summed E-state index contributed by atoms with van der Waals surface area (Å²) in [5.41, 5.74) is 1.32. The third-order valence-electron chi connectivity index (χ3n) is 2.99. The van der Waals surface area contributed by atoms with E-state index in [0.717, 1.165) is 17.3 Å². The van der Waals surface area contributed by atoms with Crippen molar-refractivity contribution in [2.45, 2.75) is 32.5 Å². The van der Waals surface area contributed by atoms with Gasteiger partial charge in [-0.25, -0.2) is 4.79 Å². The molecule has 0 aliphatic rings. The molecule has 0 atom stereocenters. The minimum absolute atomic E-state index is 0.151. The number of halogens is 3. The molecule has 7 nitrogen and oxygen atoms in total. The van der Waals surface area contributed by atoms with Gasteiger partial charge in [-0.1, -0.05) is 18.2 Å². The van der Waals surface area contributed by atoms with Crippen LogP contribution in [0, 0.1) is 0 Å². The molecule has 0 spiro atoms. The molecule has 0 saturated carbocycles. The Bertz CT molecular complexity index is 729. The molecule has 1 aromatic carbocycles. The maximum absolute atomic E-state index is 12.0. The molecule has 1 heterocycles. The van der Waals surface area contributed by atoms with Gasteiger partial charge in [0.2, 0.25) is 0 Å². The van der Waals surface area contributed by atoms with Gasteiger partial charge in [-0.2, -0.15) is 18.3 Å². The molecule has 10 heteroatoms. The van der Waals surface area contributed by atoms with Crippen LogP contribution in [-0.2, 0) is 9.53 Å². The molecule has 0 saturated heterocycles. The van der Waals surface area contributed by atoms with Crippen molar-refractivity contribution < 1.29 is 32.6 Å². The number of amides is 1. The number of rotatable bonds is 6. The van der Waals surface area contributed by atoms with Gasteiger partial charge in [0.05, 0.1) is 11.6 Å². The van der Waals surface area contributed by atoms with Crippen LogP contribution in [0.4, 0.5) is 13.2 Å². The number of hydrogen-bond donors (Lipinski definition) is 3. The van der Waals surface area contributed by atoms with Gasteiger partial charge in [-0.15, -0.1) is 0 Å². The Morgan fingerprint density at radius 2 is 1.92 bits per heavy atom. The molecule has 0 aliphatic heterocycles. The van der Waals surface area contributed by atoms with Gasteiger partial charge >= 0.3 is 12.1 Å². The van der Waals surface area contributed by atoms with Crippen molar-refractivity contribution in [3.63, 3.8) is 0 Å². The SMILES string of the molecule is CC(C)OCCCNC(=O)c1n[nH]c2ccccc12.O=C(O)C(F)(F)F. The second kappa shape index (κ2) is 9.76. The third kappa shape index (κ3) is 7.09. The summed E-state index contributed by atoms with van der Waals surface area (Å²) < 4.78 is 37.1. The van der Waals surface area contributed by atoms with Gasteiger partial charge in [0.1, 0.15) is 0 Å². The summed E-state index contributed by atoms with van der Waals surface area (Å²) in [6.45, 7) is 5.23. The topological polar surface area (TPSA) is 104 Å². The summed E-state index contributed by atoms with van der Waals surface area (Å²) in [6, 6.07) is 7.59. The molecule has 1 amide bonds. The lowest BCUT2D eigenvalue weighted by Gasteiger charge is -2.07. The number of carbonyl (C=O) groups is 2. The standard InChI is InChI=1S/C14H19N3O2.C2HF3O2/c1-10(2)19-9-5-8-15-14(18)13-11-6-3-4-7-12(11)16-17-13;3-2(4,5)1(6)7/h3-4,6-7,10H,5,8-9H2,1-2H3,(H,15,18)(H,16,17);(H,6,7). The quantitative estimate of drug-likeness (QED) is 0.674. The number of hydrogen-bond acceptors (Lipinski definition) is 4. The van der Waals surface area contributed by atoms with Gasteiger partial charge in [-0.05, 0) is 26.3 Å². The smallest absolute Gasteiger partial charge is 0.475 e. The first kappa shape index (κ1) is 21.4. The molecule has 0 bridgehead atoms. The molecule has 144 valence electrons. The van der Waals surface area contributed by atoms with Gasteiger partial charge in [0.15, 0.2) is 5.69 Å². The van der Waals surface area contributed by atoms with Gasteiger partial charge < -0.3 is 15.2 Å². The fourth-order valence-electron chi connectivity index (χ4n) is 1.81. The zero-order chi connectivity index (χ0) is 19.7. The summed E-state index contributed by atoms with van der Waals surface area (Å²) in [4.78, 5) is 20.9. The molecule has 0 aliphatic carbocycles. The normalized spacial score (nSPS) is 11.2. The molecule has 2 rings (SSSR count). The molecule has 3 N–H and O–H groups in total. The molecular formula is C16H20F3N3O4. The number of aromatic amines is 1. The van der Waals surface area contributed by atoms with Crippen LogP contribution < -0.4 is 5.32 Å². The molecule has 0 fully saturated rings. The summed E-state index contributed by atoms with van der Waals surface area (Å²) in [6.07, 6.45) is -4.06. The molecule has 0 radical (unpaired) electrons. The van der Waals surface area contributed by atoms with Crippen molar-refractivity contribution in [2.24, 2.45) is 0 Å². The number of nitrogens with zero attached hydrogens (tertiary/aromatic N) is 1. The summed E-state index contributed by atoms with van der Waals surface area (Å²) in [5, 5.41) is 17.7. The second-order valence-electron chi connectivity index (χ2n) is 5.45. The van der Waals surface area contributed by atoms with Crippen LogP contribution in [0.1, 0.15) is 30.8 Å². The highest BCUT2D eigenvalue weighted by molar-refractivity contribution is 6.04. The molecule has 0 unspecified atom stereocenters. The van der Waals surface area contributed by atoms with Crippen molar-refractivity contribution in [3.05, 3.63) is 30.0 Å². The van der Waals surface area contributed by atoms with E-state index in [-0.39, 0.29) is 12.0 Å². The van der Waals surface area contributed by atoms with Gasteiger partial charge in [0.25, 0.3) is 5.91 Å². The van der Waals surface area contributed by atoms with Crippen molar-refractivity contribution in [3.8, 4) is 0 Å². The highest BCUT2D eigenvalue weighted by Crippen LogP contribution is 2.14. The second-order valence-corrected chi connectivity index (χ2v) is 5.45. The predicted octanol–water partition coefficient (Wildman–Crippen LogP) is 2.74. The lowest BCUT2D eigenvalue weighted by Crippen LogP contribution is -2.26. The summed E-state index contributed by atoms with van der Waals surface area (Å²) >= 11 is 0. The number of carboxylic acids is 1. The minimum Gasteiger partial charge on any atom is -0.475 e. The largest absolute Gasteiger partial charge is 0.490 e. The van der Waals surface area contributed by atoms with E-state index in [4.69, 9.17) is 14.6 Å². The average molecular weight is 375 g/mol. The highest BCUT2D eigenvalue weighted by atomic mass is 19.4. The van der Waals surface area contributed by atoms with Crippen LogP contribution in [0.3, 0.4) is 0 Å². The van der Waals surface area contributed by atoms with E-state index in [9.17, 15) is 18.0 Å². The summed E-state index contributed by atoms with van der Waals surface area (Å²) in [7, 11) is 0. The average Bonchev–Trinajstić information content (AvgIpc) is 2.98. The fraction of sp³-hybridized carbons (Fsp3) is 0.438. The van der Waals surface area contributed by atoms with Crippen molar-refractivity contribution in [1.82, 2.24) is 15.5 Å². The van der Waals surface area contributed by atoms with E-state index in [1.54, 1.807) is 0 Å². The Balaban J connectivity index is 0.000000412.